The molecule has 3 rings (SSSR count). The molecule has 2 aromatic rings. The molecule has 1 atom stereocenters. The zero-order chi connectivity index (χ0) is 15.4. The molecule has 0 radical (unpaired) electrons. The summed E-state index contributed by atoms with van der Waals surface area (Å²) in [5.41, 5.74) is 3.10. The predicted molar refractivity (Wildman–Crippen MR) is 97.1 cm³/mol. The van der Waals surface area contributed by atoms with Gasteiger partial charge in [0.25, 0.3) is 5.91 Å². The Bertz CT molecular complexity index is 628. The molecule has 1 amide bonds. The molecule has 0 saturated carbocycles. The number of benzene rings is 2. The lowest BCUT2D eigenvalue weighted by molar-refractivity contribution is 0.0787. The zero-order valence-electron chi connectivity index (χ0n) is 13.4. The van der Waals surface area contributed by atoms with E-state index < -0.39 is 0 Å². The molecule has 1 heterocycles. The highest BCUT2D eigenvalue weighted by Crippen LogP contribution is 2.22. The van der Waals surface area contributed by atoms with E-state index in [1.807, 2.05) is 54.4 Å². The summed E-state index contributed by atoms with van der Waals surface area (Å²) in [5.74, 6) is 0.732. The first kappa shape index (κ1) is 17.5. The third-order valence-corrected chi connectivity index (χ3v) is 4.30. The summed E-state index contributed by atoms with van der Waals surface area (Å²) in [6, 6.07) is 18.2. The summed E-state index contributed by atoms with van der Waals surface area (Å²) < 4.78 is 0. The van der Waals surface area contributed by atoms with Gasteiger partial charge in [-0.3, -0.25) is 4.79 Å². The van der Waals surface area contributed by atoms with Gasteiger partial charge in [0.15, 0.2) is 0 Å². The second kappa shape index (κ2) is 8.14. The monoisotopic (exact) mass is 330 g/mol. The molecule has 1 unspecified atom stereocenters. The predicted octanol–water partition coefficient (Wildman–Crippen LogP) is 3.46. The molecule has 1 N–H and O–H groups in total. The molecule has 0 aromatic heterocycles. The maximum atomic E-state index is 12.6. The second-order valence-corrected chi connectivity index (χ2v) is 5.91. The number of carbonyl (C=O) groups excluding carboxylic acids is 1. The fourth-order valence-corrected chi connectivity index (χ4v) is 3.09. The molecular weight excluding hydrogens is 308 g/mol. The summed E-state index contributed by atoms with van der Waals surface area (Å²) in [4.78, 5) is 14.5. The highest BCUT2D eigenvalue weighted by atomic mass is 35.5. The third kappa shape index (κ3) is 4.12. The van der Waals surface area contributed by atoms with Gasteiger partial charge in [-0.25, -0.2) is 0 Å². The molecule has 1 saturated heterocycles. The molecule has 122 valence electrons. The molecule has 23 heavy (non-hydrogen) atoms. The van der Waals surface area contributed by atoms with E-state index in [4.69, 9.17) is 0 Å². The number of hydrogen-bond acceptors (Lipinski definition) is 2. The minimum Gasteiger partial charge on any atom is -0.338 e. The largest absolute Gasteiger partial charge is 0.338 e. The average molecular weight is 331 g/mol. The van der Waals surface area contributed by atoms with Crippen LogP contribution < -0.4 is 5.32 Å². The van der Waals surface area contributed by atoms with Crippen LogP contribution in [0.1, 0.15) is 16.8 Å². The van der Waals surface area contributed by atoms with Gasteiger partial charge >= 0.3 is 0 Å². The fraction of sp³-hybridized carbons (Fsp3) is 0.316. The van der Waals surface area contributed by atoms with E-state index in [1.54, 1.807) is 0 Å². The van der Waals surface area contributed by atoms with Crippen molar-refractivity contribution in [1.82, 2.24) is 10.2 Å². The molecule has 4 heteroatoms. The van der Waals surface area contributed by atoms with Gasteiger partial charge in [0.05, 0.1) is 0 Å². The molecule has 1 fully saturated rings. The van der Waals surface area contributed by atoms with Crippen molar-refractivity contribution in [1.29, 1.82) is 0 Å². The summed E-state index contributed by atoms with van der Waals surface area (Å²) in [6.45, 7) is 2.71. The summed E-state index contributed by atoms with van der Waals surface area (Å²) in [6.07, 6.45) is 1.09. The number of amides is 1. The van der Waals surface area contributed by atoms with E-state index in [1.165, 1.54) is 5.56 Å². The average Bonchev–Trinajstić information content (AvgIpc) is 3.04. The highest BCUT2D eigenvalue weighted by molar-refractivity contribution is 5.94. The van der Waals surface area contributed by atoms with Crippen LogP contribution in [0, 0.1) is 5.92 Å². The van der Waals surface area contributed by atoms with Crippen molar-refractivity contribution >= 4 is 18.3 Å². The maximum Gasteiger partial charge on any atom is 0.253 e. The van der Waals surface area contributed by atoms with Crippen LogP contribution in [0.4, 0.5) is 0 Å². The molecular formula is C19H23ClN2O. The first-order valence-corrected chi connectivity index (χ1v) is 7.87. The molecule has 1 aliphatic rings. The zero-order valence-corrected chi connectivity index (χ0v) is 14.2. The van der Waals surface area contributed by atoms with E-state index in [0.29, 0.717) is 5.92 Å². The minimum absolute atomic E-state index is 0. The number of nitrogens with zero attached hydrogens (tertiary/aromatic N) is 1. The summed E-state index contributed by atoms with van der Waals surface area (Å²) in [5, 5.41) is 3.20. The first-order valence-electron chi connectivity index (χ1n) is 7.87. The molecule has 0 bridgehead atoms. The summed E-state index contributed by atoms with van der Waals surface area (Å²) in [7, 11) is 1.97. The van der Waals surface area contributed by atoms with Crippen LogP contribution in [0.2, 0.25) is 0 Å². The van der Waals surface area contributed by atoms with Gasteiger partial charge in [-0.15, -0.1) is 12.4 Å². The topological polar surface area (TPSA) is 32.3 Å². The van der Waals surface area contributed by atoms with Gasteiger partial charge in [-0.2, -0.15) is 0 Å². The van der Waals surface area contributed by atoms with Gasteiger partial charge in [-0.1, -0.05) is 42.5 Å². The normalized spacial score (nSPS) is 16.9. The molecule has 2 aromatic carbocycles. The number of halogens is 1. The molecule has 0 aliphatic carbocycles. The Morgan fingerprint density at radius 2 is 1.74 bits per heavy atom. The van der Waals surface area contributed by atoms with Crippen molar-refractivity contribution in [2.24, 2.45) is 5.92 Å². The number of hydrogen-bond donors (Lipinski definition) is 1. The van der Waals surface area contributed by atoms with Crippen molar-refractivity contribution in [3.63, 3.8) is 0 Å². The van der Waals surface area contributed by atoms with Crippen molar-refractivity contribution in [2.45, 2.75) is 6.42 Å². The maximum absolute atomic E-state index is 12.6. The van der Waals surface area contributed by atoms with Crippen molar-refractivity contribution in [3.8, 4) is 11.1 Å². The fourth-order valence-electron chi connectivity index (χ4n) is 3.09. The Balaban J connectivity index is 0.00000192. The van der Waals surface area contributed by atoms with Crippen LogP contribution in [-0.2, 0) is 0 Å². The van der Waals surface area contributed by atoms with Crippen LogP contribution in [0.15, 0.2) is 54.6 Å². The SMILES string of the molecule is CNCC1CCN(C(=O)c2ccc(-c3ccccc3)cc2)C1.Cl. The number of nitrogens with one attached hydrogen (secondary N) is 1. The molecule has 0 spiro atoms. The van der Waals surface area contributed by atoms with E-state index in [-0.39, 0.29) is 18.3 Å². The summed E-state index contributed by atoms with van der Waals surface area (Å²) >= 11 is 0. The van der Waals surface area contributed by atoms with Gasteiger partial charge in [-0.05, 0) is 49.2 Å². The van der Waals surface area contributed by atoms with E-state index >= 15 is 0 Å². The minimum atomic E-state index is 0. The Morgan fingerprint density at radius 1 is 1.09 bits per heavy atom. The van der Waals surface area contributed by atoms with Gasteiger partial charge in [0, 0.05) is 18.7 Å². The number of rotatable bonds is 4. The van der Waals surface area contributed by atoms with Crippen LogP contribution in [0.3, 0.4) is 0 Å². The standard InChI is InChI=1S/C19H22N2O.ClH/c1-20-13-15-11-12-21(14-15)19(22)18-9-7-17(8-10-18)16-5-3-2-4-6-16;/h2-10,15,20H,11-14H2,1H3;1H. The number of carbonyl (C=O) groups is 1. The van der Waals surface area contributed by atoms with Crippen molar-refractivity contribution in [2.75, 3.05) is 26.7 Å². The van der Waals surface area contributed by atoms with Crippen molar-refractivity contribution in [3.05, 3.63) is 60.2 Å². The Morgan fingerprint density at radius 3 is 2.39 bits per heavy atom. The van der Waals surface area contributed by atoms with Crippen molar-refractivity contribution < 1.29 is 4.79 Å². The van der Waals surface area contributed by atoms with Gasteiger partial charge in [0.2, 0.25) is 0 Å². The number of likely N-dealkylation sites (tertiary alicyclic amines) is 1. The van der Waals surface area contributed by atoms with Crippen LogP contribution in [0.5, 0.6) is 0 Å². The first-order chi connectivity index (χ1) is 10.8. The quantitative estimate of drug-likeness (QED) is 0.931. The lowest BCUT2D eigenvalue weighted by Gasteiger charge is -2.17. The highest BCUT2D eigenvalue weighted by Gasteiger charge is 2.26. The Kier molecular flexibility index (Phi) is 6.20. The molecule has 1 aliphatic heterocycles. The Labute approximate surface area is 144 Å². The lowest BCUT2D eigenvalue weighted by atomic mass is 10.0. The Hall–Kier alpha value is -1.84. The second-order valence-electron chi connectivity index (χ2n) is 5.91. The van der Waals surface area contributed by atoms with E-state index in [9.17, 15) is 4.79 Å². The van der Waals surface area contributed by atoms with Gasteiger partial charge < -0.3 is 10.2 Å². The molecule has 3 nitrogen and oxygen atoms in total. The van der Waals surface area contributed by atoms with Crippen LogP contribution in [0.25, 0.3) is 11.1 Å². The lowest BCUT2D eigenvalue weighted by Crippen LogP contribution is -2.30. The third-order valence-electron chi connectivity index (χ3n) is 4.30. The smallest absolute Gasteiger partial charge is 0.253 e. The van der Waals surface area contributed by atoms with E-state index in [0.717, 1.165) is 37.2 Å². The van der Waals surface area contributed by atoms with Crippen LogP contribution in [-0.4, -0.2) is 37.5 Å². The van der Waals surface area contributed by atoms with Crippen LogP contribution >= 0.6 is 12.4 Å². The van der Waals surface area contributed by atoms with E-state index in [2.05, 4.69) is 17.4 Å². The van der Waals surface area contributed by atoms with Gasteiger partial charge in [0.1, 0.15) is 0 Å².